The van der Waals surface area contributed by atoms with Crippen LogP contribution in [0.5, 0.6) is 0 Å². The predicted molar refractivity (Wildman–Crippen MR) is 79.7 cm³/mol. The van der Waals surface area contributed by atoms with E-state index in [-0.39, 0.29) is 5.82 Å². The highest BCUT2D eigenvalue weighted by Crippen LogP contribution is 2.37. The zero-order valence-corrected chi connectivity index (χ0v) is 12.1. The lowest BCUT2D eigenvalue weighted by Gasteiger charge is -2.18. The van der Waals surface area contributed by atoms with Gasteiger partial charge in [0.05, 0.1) is 11.6 Å². The van der Waals surface area contributed by atoms with Gasteiger partial charge in [-0.1, -0.05) is 6.07 Å². The largest absolute Gasteiger partial charge is 0.324 e. The third-order valence-electron chi connectivity index (χ3n) is 3.67. The van der Waals surface area contributed by atoms with Gasteiger partial charge in [0.15, 0.2) is 10.8 Å². The van der Waals surface area contributed by atoms with Crippen LogP contribution in [0.3, 0.4) is 0 Å². The molecule has 3 nitrogen and oxygen atoms in total. The van der Waals surface area contributed by atoms with Crippen LogP contribution in [-0.2, 0) is 12.3 Å². The molecule has 0 radical (unpaired) electrons. The third-order valence-corrected chi connectivity index (χ3v) is 4.67. The molecule has 0 aliphatic carbocycles. The summed E-state index contributed by atoms with van der Waals surface area (Å²) in [7, 11) is 0. The van der Waals surface area contributed by atoms with E-state index in [1.54, 1.807) is 17.4 Å². The summed E-state index contributed by atoms with van der Waals surface area (Å²) in [6, 6.07) is 4.94. The molecule has 6 heteroatoms. The molecule has 0 atom stereocenters. The van der Waals surface area contributed by atoms with Gasteiger partial charge < -0.3 is 4.90 Å². The van der Waals surface area contributed by atoms with Gasteiger partial charge in [0.25, 0.3) is 0 Å². The summed E-state index contributed by atoms with van der Waals surface area (Å²) in [5.41, 5.74) is 3.02. The van der Waals surface area contributed by atoms with Gasteiger partial charge in [0.1, 0.15) is 5.82 Å². The van der Waals surface area contributed by atoms with Crippen molar-refractivity contribution >= 4 is 39.4 Å². The van der Waals surface area contributed by atoms with Crippen LogP contribution in [0.4, 0.5) is 15.9 Å². The van der Waals surface area contributed by atoms with E-state index in [4.69, 9.17) is 11.6 Å². The number of benzene rings is 1. The van der Waals surface area contributed by atoms with Gasteiger partial charge >= 0.3 is 0 Å². The third kappa shape index (κ3) is 1.66. The van der Waals surface area contributed by atoms with Gasteiger partial charge in [-0.25, -0.2) is 9.37 Å². The summed E-state index contributed by atoms with van der Waals surface area (Å²) in [4.78, 5) is 7.64. The zero-order chi connectivity index (χ0) is 13.7. The molecule has 0 bridgehead atoms. The van der Waals surface area contributed by atoms with E-state index < -0.39 is 0 Å². The van der Waals surface area contributed by atoms with Crippen LogP contribution in [-0.4, -0.2) is 15.9 Å². The van der Waals surface area contributed by atoms with Crippen LogP contribution in [0.25, 0.3) is 4.96 Å². The minimum absolute atomic E-state index is 0.218. The molecule has 1 aliphatic rings. The molecule has 0 N–H and O–H groups in total. The number of nitrogens with zero attached hydrogens (tertiary/aromatic N) is 3. The summed E-state index contributed by atoms with van der Waals surface area (Å²) in [5, 5.41) is 1.99. The van der Waals surface area contributed by atoms with Gasteiger partial charge in [0, 0.05) is 23.8 Å². The Balaban J connectivity index is 1.89. The number of fused-ring (bicyclic) bond motifs is 2. The summed E-state index contributed by atoms with van der Waals surface area (Å²) >= 11 is 7.66. The van der Waals surface area contributed by atoms with Crippen LogP contribution < -0.4 is 4.90 Å². The number of halogens is 2. The van der Waals surface area contributed by atoms with E-state index in [0.717, 1.165) is 40.7 Å². The molecule has 0 fully saturated rings. The van der Waals surface area contributed by atoms with Crippen molar-refractivity contribution in [2.45, 2.75) is 12.3 Å². The first-order valence-electron chi connectivity index (χ1n) is 6.34. The highest BCUT2D eigenvalue weighted by atomic mass is 35.5. The van der Waals surface area contributed by atoms with Crippen molar-refractivity contribution in [3.05, 3.63) is 46.9 Å². The number of alkyl halides is 1. The molecule has 0 amide bonds. The fourth-order valence-corrected chi connectivity index (χ4v) is 3.71. The predicted octanol–water partition coefficient (Wildman–Crippen LogP) is 3.97. The molecule has 0 saturated heterocycles. The Kier molecular flexibility index (Phi) is 2.72. The Bertz CT molecular complexity index is 795. The monoisotopic (exact) mass is 307 g/mol. The number of hydrogen-bond donors (Lipinski definition) is 0. The minimum Gasteiger partial charge on any atom is -0.324 e. The second-order valence-electron chi connectivity index (χ2n) is 4.75. The number of rotatable bonds is 2. The number of hydrogen-bond acceptors (Lipinski definition) is 3. The highest BCUT2D eigenvalue weighted by molar-refractivity contribution is 7.15. The van der Waals surface area contributed by atoms with Crippen molar-refractivity contribution < 1.29 is 4.39 Å². The van der Waals surface area contributed by atoms with Crippen molar-refractivity contribution in [1.29, 1.82) is 0 Å². The smallest absolute Gasteiger partial charge is 0.195 e. The average Bonchev–Trinajstić information content (AvgIpc) is 3.09. The Morgan fingerprint density at radius 2 is 2.30 bits per heavy atom. The van der Waals surface area contributed by atoms with E-state index in [0.29, 0.717) is 5.88 Å². The van der Waals surface area contributed by atoms with E-state index >= 15 is 0 Å². The molecule has 0 unspecified atom stereocenters. The number of imidazole rings is 1. The van der Waals surface area contributed by atoms with Crippen LogP contribution in [0.2, 0.25) is 0 Å². The molecule has 20 heavy (non-hydrogen) atoms. The highest BCUT2D eigenvalue weighted by Gasteiger charge is 2.26. The molecule has 1 aromatic carbocycles. The number of anilines is 2. The normalized spacial score (nSPS) is 14.2. The Morgan fingerprint density at radius 3 is 3.15 bits per heavy atom. The lowest BCUT2D eigenvalue weighted by atomic mass is 10.2. The molecule has 1 aliphatic heterocycles. The SMILES string of the molecule is Fc1ccc2c(c1)N(c1nc3sccn3c1CCl)CC2. The summed E-state index contributed by atoms with van der Waals surface area (Å²) in [5.74, 6) is 1.01. The molecule has 3 heterocycles. The molecule has 102 valence electrons. The van der Waals surface area contributed by atoms with Crippen LogP contribution in [0.1, 0.15) is 11.3 Å². The van der Waals surface area contributed by atoms with Gasteiger partial charge in [-0.15, -0.1) is 22.9 Å². The maximum absolute atomic E-state index is 13.5. The van der Waals surface area contributed by atoms with Gasteiger partial charge in [0.2, 0.25) is 0 Å². The van der Waals surface area contributed by atoms with E-state index in [1.807, 2.05) is 22.0 Å². The Hall–Kier alpha value is -1.59. The second kappa shape index (κ2) is 4.46. The first-order valence-corrected chi connectivity index (χ1v) is 7.75. The lowest BCUT2D eigenvalue weighted by molar-refractivity contribution is 0.628. The molecular weight excluding hydrogens is 297 g/mol. The molecule has 2 aromatic heterocycles. The fraction of sp³-hybridized carbons (Fsp3) is 0.214. The van der Waals surface area contributed by atoms with Crippen LogP contribution >= 0.6 is 22.9 Å². The maximum Gasteiger partial charge on any atom is 0.195 e. The summed E-state index contributed by atoms with van der Waals surface area (Å²) in [6.07, 6.45) is 2.87. The van der Waals surface area contributed by atoms with Gasteiger partial charge in [-0.2, -0.15) is 0 Å². The van der Waals surface area contributed by atoms with Crippen molar-refractivity contribution in [1.82, 2.24) is 9.38 Å². The number of aromatic nitrogens is 2. The first-order chi connectivity index (χ1) is 9.78. The zero-order valence-electron chi connectivity index (χ0n) is 10.5. The molecule has 0 saturated carbocycles. The van der Waals surface area contributed by atoms with E-state index in [1.165, 1.54) is 6.07 Å². The Morgan fingerprint density at radius 1 is 1.40 bits per heavy atom. The van der Waals surface area contributed by atoms with E-state index in [9.17, 15) is 4.39 Å². The average molecular weight is 308 g/mol. The van der Waals surface area contributed by atoms with Crippen LogP contribution in [0.15, 0.2) is 29.8 Å². The minimum atomic E-state index is -0.218. The second-order valence-corrected chi connectivity index (χ2v) is 5.89. The maximum atomic E-state index is 13.5. The fourth-order valence-electron chi connectivity index (χ4n) is 2.73. The van der Waals surface area contributed by atoms with E-state index in [2.05, 4.69) is 9.88 Å². The van der Waals surface area contributed by atoms with Gasteiger partial charge in [-0.05, 0) is 24.1 Å². The lowest BCUT2D eigenvalue weighted by Crippen LogP contribution is -2.15. The molecule has 4 rings (SSSR count). The van der Waals surface area contributed by atoms with Crippen molar-refractivity contribution in [3.8, 4) is 0 Å². The standard InChI is InChI=1S/C14H11ClFN3S/c15-8-12-13(17-14-19(12)5-6-20-14)18-4-3-9-1-2-10(16)7-11(9)18/h1-2,5-7H,3-4,8H2. The molecular formula is C14H11ClFN3S. The number of thiazole rings is 1. The molecule has 3 aromatic rings. The summed E-state index contributed by atoms with van der Waals surface area (Å²) in [6.45, 7) is 0.813. The topological polar surface area (TPSA) is 20.5 Å². The van der Waals surface area contributed by atoms with Crippen molar-refractivity contribution in [2.75, 3.05) is 11.4 Å². The Labute approximate surface area is 124 Å². The first kappa shape index (κ1) is 12.2. The van der Waals surface area contributed by atoms with Crippen molar-refractivity contribution in [3.63, 3.8) is 0 Å². The van der Waals surface area contributed by atoms with Crippen LogP contribution in [0, 0.1) is 5.82 Å². The van der Waals surface area contributed by atoms with Gasteiger partial charge in [-0.3, -0.25) is 4.40 Å². The molecule has 0 spiro atoms. The van der Waals surface area contributed by atoms with Crippen molar-refractivity contribution in [2.24, 2.45) is 0 Å². The quantitative estimate of drug-likeness (QED) is 0.668. The summed E-state index contributed by atoms with van der Waals surface area (Å²) < 4.78 is 15.5.